The first-order valence-electron chi connectivity index (χ1n) is 6.40. The molecule has 0 atom stereocenters. The molecule has 0 saturated carbocycles. The van der Waals surface area contributed by atoms with Gasteiger partial charge in [-0.05, 0) is 24.6 Å². The number of hydrogen-bond donors (Lipinski definition) is 0. The number of methoxy groups -OCH3 is 1. The van der Waals surface area contributed by atoms with Crippen LogP contribution >= 0.6 is 0 Å². The Morgan fingerprint density at radius 3 is 2.75 bits per heavy atom. The van der Waals surface area contributed by atoms with Crippen LogP contribution in [0.1, 0.15) is 21.5 Å². The zero-order chi connectivity index (χ0) is 14.5. The molecule has 2 aromatic rings. The molecular weight excluding hydrogens is 252 g/mol. The minimum atomic E-state index is 0.594. The van der Waals surface area contributed by atoms with Gasteiger partial charge in [0.2, 0.25) is 0 Å². The highest BCUT2D eigenvalue weighted by atomic mass is 16.5. The van der Waals surface area contributed by atoms with Gasteiger partial charge >= 0.3 is 0 Å². The third-order valence-corrected chi connectivity index (χ3v) is 3.17. The summed E-state index contributed by atoms with van der Waals surface area (Å²) in [6, 6.07) is 9.75. The van der Waals surface area contributed by atoms with E-state index in [-0.39, 0.29) is 0 Å². The average Bonchev–Trinajstić information content (AvgIpc) is 2.47. The minimum Gasteiger partial charge on any atom is -0.496 e. The second-order valence-electron chi connectivity index (χ2n) is 4.69. The summed E-state index contributed by atoms with van der Waals surface area (Å²) in [5.41, 5.74) is 2.67. The van der Waals surface area contributed by atoms with Crippen LogP contribution in [0.3, 0.4) is 0 Å². The van der Waals surface area contributed by atoms with E-state index in [1.165, 1.54) is 0 Å². The maximum absolute atomic E-state index is 10.7. The molecule has 0 aliphatic heterocycles. The van der Waals surface area contributed by atoms with Gasteiger partial charge in [0.05, 0.1) is 7.11 Å². The first kappa shape index (κ1) is 14.1. The number of aldehydes is 1. The molecule has 0 N–H and O–H groups in total. The van der Waals surface area contributed by atoms with Crippen LogP contribution in [0.2, 0.25) is 0 Å². The van der Waals surface area contributed by atoms with E-state index in [0.29, 0.717) is 12.1 Å². The Labute approximate surface area is 119 Å². The van der Waals surface area contributed by atoms with Crippen LogP contribution in [-0.2, 0) is 6.54 Å². The van der Waals surface area contributed by atoms with Crippen LogP contribution < -0.4 is 9.64 Å². The molecule has 0 bridgehead atoms. The molecule has 0 aliphatic carbocycles. The highest BCUT2D eigenvalue weighted by Crippen LogP contribution is 2.23. The van der Waals surface area contributed by atoms with Crippen molar-refractivity contribution in [1.82, 2.24) is 4.98 Å². The molecule has 0 fully saturated rings. The first-order chi connectivity index (χ1) is 9.65. The fourth-order valence-electron chi connectivity index (χ4n) is 2.22. The molecule has 104 valence electrons. The van der Waals surface area contributed by atoms with E-state index in [1.807, 2.05) is 49.2 Å². The van der Waals surface area contributed by atoms with Crippen LogP contribution in [0.15, 0.2) is 36.5 Å². The lowest BCUT2D eigenvalue weighted by Crippen LogP contribution is -2.19. The Balaban J connectivity index is 2.23. The third kappa shape index (κ3) is 2.96. The van der Waals surface area contributed by atoms with E-state index in [4.69, 9.17) is 4.74 Å². The van der Waals surface area contributed by atoms with Gasteiger partial charge < -0.3 is 9.64 Å². The Morgan fingerprint density at radius 2 is 2.10 bits per heavy atom. The van der Waals surface area contributed by atoms with Gasteiger partial charge in [-0.1, -0.05) is 18.2 Å². The average molecular weight is 270 g/mol. The fourth-order valence-corrected chi connectivity index (χ4v) is 2.22. The van der Waals surface area contributed by atoms with Gasteiger partial charge in [0.25, 0.3) is 0 Å². The number of hydrogen-bond acceptors (Lipinski definition) is 4. The highest BCUT2D eigenvalue weighted by Gasteiger charge is 2.10. The van der Waals surface area contributed by atoms with E-state index in [2.05, 4.69) is 4.98 Å². The van der Waals surface area contributed by atoms with Crippen LogP contribution in [0.25, 0.3) is 0 Å². The van der Waals surface area contributed by atoms with Crippen molar-refractivity contribution in [2.75, 3.05) is 19.1 Å². The zero-order valence-corrected chi connectivity index (χ0v) is 12.0. The summed E-state index contributed by atoms with van der Waals surface area (Å²) >= 11 is 0. The number of para-hydroxylation sites is 1. The number of nitrogens with zero attached hydrogens (tertiary/aromatic N) is 2. The van der Waals surface area contributed by atoms with Gasteiger partial charge in [-0.15, -0.1) is 0 Å². The quantitative estimate of drug-likeness (QED) is 0.783. The molecule has 2 rings (SSSR count). The molecule has 0 aliphatic rings. The van der Waals surface area contributed by atoms with E-state index >= 15 is 0 Å². The molecule has 1 aromatic carbocycles. The van der Waals surface area contributed by atoms with Gasteiger partial charge in [-0.3, -0.25) is 4.79 Å². The van der Waals surface area contributed by atoms with E-state index < -0.39 is 0 Å². The monoisotopic (exact) mass is 270 g/mol. The van der Waals surface area contributed by atoms with Crippen LogP contribution in [0.4, 0.5) is 5.82 Å². The molecule has 4 nitrogen and oxygen atoms in total. The summed E-state index contributed by atoms with van der Waals surface area (Å²) < 4.78 is 5.36. The number of carbonyl (C=O) groups excluding carboxylic acids is 1. The summed E-state index contributed by atoms with van der Waals surface area (Å²) in [5.74, 6) is 1.73. The molecule has 0 unspecified atom stereocenters. The predicted molar refractivity (Wildman–Crippen MR) is 79.5 cm³/mol. The number of rotatable bonds is 5. The number of ether oxygens (including phenoxy) is 1. The van der Waals surface area contributed by atoms with Crippen molar-refractivity contribution in [1.29, 1.82) is 0 Å². The minimum absolute atomic E-state index is 0.594. The summed E-state index contributed by atoms with van der Waals surface area (Å²) in [4.78, 5) is 17.1. The molecule has 1 heterocycles. The van der Waals surface area contributed by atoms with Crippen molar-refractivity contribution in [3.05, 3.63) is 53.2 Å². The first-order valence-corrected chi connectivity index (χ1v) is 6.40. The van der Waals surface area contributed by atoms with E-state index in [9.17, 15) is 4.79 Å². The summed E-state index contributed by atoms with van der Waals surface area (Å²) in [5, 5.41) is 0. The number of benzene rings is 1. The van der Waals surface area contributed by atoms with Gasteiger partial charge in [-0.2, -0.15) is 0 Å². The summed E-state index contributed by atoms with van der Waals surface area (Å²) in [6.45, 7) is 2.65. The molecule has 0 spiro atoms. The number of aryl methyl sites for hydroxylation is 1. The second-order valence-corrected chi connectivity index (χ2v) is 4.69. The lowest BCUT2D eigenvalue weighted by atomic mass is 10.1. The van der Waals surface area contributed by atoms with Crippen LogP contribution in [0, 0.1) is 6.92 Å². The molecule has 1 aromatic heterocycles. The molecular formula is C16H18N2O2. The third-order valence-electron chi connectivity index (χ3n) is 3.17. The largest absolute Gasteiger partial charge is 0.496 e. The highest BCUT2D eigenvalue weighted by molar-refractivity contribution is 5.75. The maximum Gasteiger partial charge on any atom is 0.151 e. The number of carbonyl (C=O) groups is 1. The van der Waals surface area contributed by atoms with Gasteiger partial charge in [0.1, 0.15) is 11.6 Å². The SMILES string of the molecule is COc1ccccc1CN(C)c1ncc(C=O)cc1C. The standard InChI is InChI=1S/C16H18N2O2/c1-12-8-13(11-19)9-17-16(12)18(2)10-14-6-4-5-7-15(14)20-3/h4-9,11H,10H2,1-3H3. The maximum atomic E-state index is 10.7. The molecule has 0 amide bonds. The summed E-state index contributed by atoms with van der Waals surface area (Å²) in [6.07, 6.45) is 2.40. The second kappa shape index (κ2) is 6.19. The molecule has 20 heavy (non-hydrogen) atoms. The predicted octanol–water partition coefficient (Wildman–Crippen LogP) is 2.85. The molecule has 4 heteroatoms. The van der Waals surface area contributed by atoms with E-state index in [0.717, 1.165) is 29.0 Å². The Kier molecular flexibility index (Phi) is 4.35. The van der Waals surface area contributed by atoms with Crippen molar-refractivity contribution in [2.24, 2.45) is 0 Å². The smallest absolute Gasteiger partial charge is 0.151 e. The number of pyridine rings is 1. The lowest BCUT2D eigenvalue weighted by Gasteiger charge is -2.21. The number of aromatic nitrogens is 1. The van der Waals surface area contributed by atoms with Gasteiger partial charge in [-0.25, -0.2) is 4.98 Å². The Morgan fingerprint density at radius 1 is 1.35 bits per heavy atom. The van der Waals surface area contributed by atoms with Crippen molar-refractivity contribution in [3.63, 3.8) is 0 Å². The van der Waals surface area contributed by atoms with Crippen LogP contribution in [-0.4, -0.2) is 25.4 Å². The molecule has 0 radical (unpaired) electrons. The van der Waals surface area contributed by atoms with Crippen molar-refractivity contribution in [2.45, 2.75) is 13.5 Å². The van der Waals surface area contributed by atoms with Crippen molar-refractivity contribution >= 4 is 12.1 Å². The van der Waals surface area contributed by atoms with Gasteiger partial charge in [0.15, 0.2) is 6.29 Å². The topological polar surface area (TPSA) is 42.4 Å². The Bertz CT molecular complexity index is 611. The van der Waals surface area contributed by atoms with Crippen molar-refractivity contribution < 1.29 is 9.53 Å². The fraction of sp³-hybridized carbons (Fsp3) is 0.250. The lowest BCUT2D eigenvalue weighted by molar-refractivity contribution is 0.112. The zero-order valence-electron chi connectivity index (χ0n) is 12.0. The van der Waals surface area contributed by atoms with Gasteiger partial charge in [0, 0.05) is 30.9 Å². The molecule has 0 saturated heterocycles. The van der Waals surface area contributed by atoms with Crippen molar-refractivity contribution in [3.8, 4) is 5.75 Å². The number of anilines is 1. The van der Waals surface area contributed by atoms with Crippen LogP contribution in [0.5, 0.6) is 5.75 Å². The Hall–Kier alpha value is -2.36. The summed E-state index contributed by atoms with van der Waals surface area (Å²) in [7, 11) is 3.64. The van der Waals surface area contributed by atoms with E-state index in [1.54, 1.807) is 13.3 Å². The normalized spacial score (nSPS) is 10.2.